The van der Waals surface area contributed by atoms with E-state index in [1.54, 1.807) is 4.90 Å². The number of nitrogens with two attached hydrogens (primary N) is 1. The second-order valence-electron chi connectivity index (χ2n) is 5.52. The number of nitrogens with zero attached hydrogens (tertiary/aromatic N) is 1. The van der Waals surface area contributed by atoms with E-state index >= 15 is 0 Å². The van der Waals surface area contributed by atoms with Gasteiger partial charge < -0.3 is 10.6 Å². The van der Waals surface area contributed by atoms with Gasteiger partial charge in [-0.25, -0.2) is 8.78 Å². The van der Waals surface area contributed by atoms with Crippen molar-refractivity contribution >= 4 is 5.91 Å². The third-order valence-corrected chi connectivity index (χ3v) is 3.89. The molecule has 3 nitrogen and oxygen atoms in total. The Labute approximate surface area is 117 Å². The Kier molecular flexibility index (Phi) is 4.70. The zero-order chi connectivity index (χ0) is 14.7. The molecular weight excluding hydrogens is 262 g/mol. The fourth-order valence-electron chi connectivity index (χ4n) is 2.51. The monoisotopic (exact) mass is 282 g/mol. The van der Waals surface area contributed by atoms with Crippen LogP contribution in [-0.4, -0.2) is 23.9 Å². The summed E-state index contributed by atoms with van der Waals surface area (Å²) in [7, 11) is 0. The smallest absolute Gasteiger partial charge is 0.222 e. The lowest BCUT2D eigenvalue weighted by Gasteiger charge is -2.25. The molecule has 1 fully saturated rings. The van der Waals surface area contributed by atoms with E-state index in [-0.39, 0.29) is 18.0 Å². The first kappa shape index (κ1) is 14.9. The quantitative estimate of drug-likeness (QED) is 0.926. The van der Waals surface area contributed by atoms with Gasteiger partial charge >= 0.3 is 0 Å². The molecule has 0 radical (unpaired) electrons. The van der Waals surface area contributed by atoms with Crippen LogP contribution in [0.1, 0.15) is 37.8 Å². The van der Waals surface area contributed by atoms with Crippen LogP contribution in [0, 0.1) is 17.6 Å². The molecule has 2 rings (SSSR count). The molecule has 1 saturated heterocycles. The number of rotatable bonds is 3. The maximum atomic E-state index is 13.7. The van der Waals surface area contributed by atoms with Crippen molar-refractivity contribution in [1.82, 2.24) is 4.90 Å². The number of carbonyl (C=O) groups is 1. The first-order valence-electron chi connectivity index (χ1n) is 6.96. The molecular formula is C15H20F2N2O. The van der Waals surface area contributed by atoms with Crippen LogP contribution in [0.2, 0.25) is 0 Å². The lowest BCUT2D eigenvalue weighted by atomic mass is 10.0. The SMILES string of the molecule is CC1CCC(=O)N(CC(N)c2cccc(F)c2F)CC1. The third-order valence-electron chi connectivity index (χ3n) is 3.89. The Hall–Kier alpha value is -1.49. The summed E-state index contributed by atoms with van der Waals surface area (Å²) in [6.45, 7) is 2.97. The Balaban J connectivity index is 2.08. The summed E-state index contributed by atoms with van der Waals surface area (Å²) in [4.78, 5) is 13.6. The number of benzene rings is 1. The van der Waals surface area contributed by atoms with Gasteiger partial charge in [0.2, 0.25) is 5.91 Å². The van der Waals surface area contributed by atoms with Crippen LogP contribution in [0.25, 0.3) is 0 Å². The summed E-state index contributed by atoms with van der Waals surface area (Å²) in [5.74, 6) is -1.28. The number of halogens is 2. The highest BCUT2D eigenvalue weighted by Gasteiger charge is 2.24. The van der Waals surface area contributed by atoms with E-state index in [2.05, 4.69) is 6.92 Å². The van der Waals surface area contributed by atoms with E-state index in [4.69, 9.17) is 5.73 Å². The van der Waals surface area contributed by atoms with Crippen molar-refractivity contribution in [3.8, 4) is 0 Å². The van der Waals surface area contributed by atoms with Crippen molar-refractivity contribution in [2.45, 2.75) is 32.2 Å². The predicted octanol–water partition coefficient (Wildman–Crippen LogP) is 2.61. The molecule has 1 aromatic carbocycles. The van der Waals surface area contributed by atoms with Crippen molar-refractivity contribution in [2.24, 2.45) is 11.7 Å². The van der Waals surface area contributed by atoms with Crippen LogP contribution in [0.15, 0.2) is 18.2 Å². The molecule has 0 bridgehead atoms. The second-order valence-corrected chi connectivity index (χ2v) is 5.52. The summed E-state index contributed by atoms with van der Waals surface area (Å²) in [6, 6.07) is 3.25. The topological polar surface area (TPSA) is 46.3 Å². The number of hydrogen-bond donors (Lipinski definition) is 1. The zero-order valence-corrected chi connectivity index (χ0v) is 11.6. The Morgan fingerprint density at radius 3 is 2.90 bits per heavy atom. The normalized spacial score (nSPS) is 21.7. The van der Waals surface area contributed by atoms with E-state index < -0.39 is 17.7 Å². The molecule has 0 aliphatic carbocycles. The summed E-state index contributed by atoms with van der Waals surface area (Å²) in [5.41, 5.74) is 6.06. The van der Waals surface area contributed by atoms with E-state index in [0.717, 1.165) is 18.9 Å². The molecule has 1 aliphatic heterocycles. The highest BCUT2D eigenvalue weighted by atomic mass is 19.2. The van der Waals surface area contributed by atoms with Crippen molar-refractivity contribution in [2.75, 3.05) is 13.1 Å². The van der Waals surface area contributed by atoms with Crippen molar-refractivity contribution in [3.05, 3.63) is 35.4 Å². The maximum absolute atomic E-state index is 13.7. The van der Waals surface area contributed by atoms with Gasteiger partial charge in [0.15, 0.2) is 11.6 Å². The van der Waals surface area contributed by atoms with Gasteiger partial charge in [-0.3, -0.25) is 4.79 Å². The average molecular weight is 282 g/mol. The van der Waals surface area contributed by atoms with Crippen LogP contribution >= 0.6 is 0 Å². The van der Waals surface area contributed by atoms with Crippen molar-refractivity contribution < 1.29 is 13.6 Å². The number of hydrogen-bond acceptors (Lipinski definition) is 2. The largest absolute Gasteiger partial charge is 0.341 e. The fourth-order valence-corrected chi connectivity index (χ4v) is 2.51. The van der Waals surface area contributed by atoms with Gasteiger partial charge in [-0.05, 0) is 24.8 Å². The number of likely N-dealkylation sites (tertiary alicyclic amines) is 1. The van der Waals surface area contributed by atoms with Crippen LogP contribution in [0.5, 0.6) is 0 Å². The molecule has 1 heterocycles. The zero-order valence-electron chi connectivity index (χ0n) is 11.6. The standard InChI is InChI=1S/C15H20F2N2O/c1-10-5-6-14(20)19(8-7-10)9-13(18)11-3-2-4-12(16)15(11)17/h2-4,10,13H,5-9,18H2,1H3. The number of carbonyl (C=O) groups excluding carboxylic acids is 1. The van der Waals surface area contributed by atoms with Gasteiger partial charge in [0.25, 0.3) is 0 Å². The molecule has 2 unspecified atom stereocenters. The van der Waals surface area contributed by atoms with Gasteiger partial charge in [-0.2, -0.15) is 0 Å². The minimum atomic E-state index is -0.921. The summed E-state index contributed by atoms with van der Waals surface area (Å²) in [5, 5.41) is 0. The van der Waals surface area contributed by atoms with Crippen LogP contribution in [0.3, 0.4) is 0 Å². The Morgan fingerprint density at radius 2 is 2.15 bits per heavy atom. The van der Waals surface area contributed by atoms with E-state index in [9.17, 15) is 13.6 Å². The molecule has 1 aliphatic rings. The van der Waals surface area contributed by atoms with Gasteiger partial charge in [0.1, 0.15) is 0 Å². The Bertz CT molecular complexity index is 493. The molecule has 2 atom stereocenters. The molecule has 1 aromatic rings. The molecule has 20 heavy (non-hydrogen) atoms. The molecule has 0 aromatic heterocycles. The second kappa shape index (κ2) is 6.31. The van der Waals surface area contributed by atoms with Crippen LogP contribution < -0.4 is 5.73 Å². The first-order valence-corrected chi connectivity index (χ1v) is 6.96. The van der Waals surface area contributed by atoms with Gasteiger partial charge in [-0.15, -0.1) is 0 Å². The Morgan fingerprint density at radius 1 is 1.40 bits per heavy atom. The average Bonchev–Trinajstić information content (AvgIpc) is 2.57. The van der Waals surface area contributed by atoms with E-state index in [0.29, 0.717) is 18.9 Å². The molecule has 0 saturated carbocycles. The van der Waals surface area contributed by atoms with Gasteiger partial charge in [-0.1, -0.05) is 19.1 Å². The first-order chi connectivity index (χ1) is 9.49. The third kappa shape index (κ3) is 3.33. The molecule has 0 spiro atoms. The highest BCUT2D eigenvalue weighted by Crippen LogP contribution is 2.22. The summed E-state index contributed by atoms with van der Waals surface area (Å²) in [6.07, 6.45) is 2.29. The van der Waals surface area contributed by atoms with Gasteiger partial charge in [0, 0.05) is 25.1 Å². The lowest BCUT2D eigenvalue weighted by molar-refractivity contribution is -0.130. The molecule has 110 valence electrons. The maximum Gasteiger partial charge on any atom is 0.222 e. The molecule has 1 amide bonds. The van der Waals surface area contributed by atoms with Crippen LogP contribution in [-0.2, 0) is 4.79 Å². The summed E-state index contributed by atoms with van der Waals surface area (Å²) < 4.78 is 26.9. The van der Waals surface area contributed by atoms with Crippen LogP contribution in [0.4, 0.5) is 8.78 Å². The minimum absolute atomic E-state index is 0.0432. The highest BCUT2D eigenvalue weighted by molar-refractivity contribution is 5.76. The van der Waals surface area contributed by atoms with E-state index in [1.807, 2.05) is 0 Å². The predicted molar refractivity (Wildman–Crippen MR) is 72.9 cm³/mol. The summed E-state index contributed by atoms with van der Waals surface area (Å²) >= 11 is 0. The van der Waals surface area contributed by atoms with E-state index in [1.165, 1.54) is 12.1 Å². The van der Waals surface area contributed by atoms with Gasteiger partial charge in [0.05, 0.1) is 6.04 Å². The van der Waals surface area contributed by atoms with Crippen molar-refractivity contribution in [3.63, 3.8) is 0 Å². The lowest BCUT2D eigenvalue weighted by Crippen LogP contribution is -2.37. The molecule has 5 heteroatoms. The number of amides is 1. The van der Waals surface area contributed by atoms with Crippen molar-refractivity contribution in [1.29, 1.82) is 0 Å². The minimum Gasteiger partial charge on any atom is -0.341 e. The fraction of sp³-hybridized carbons (Fsp3) is 0.533. The molecule has 2 N–H and O–H groups in total.